The standard InChI is InChI=1S/C19H31NO4/c1-15(2)24-14-17(21)12-20(13-19-5-4-10-23-19)11-16-6-8-18(22-3)9-7-16/h6-9,15,17,19,21H,4-5,10-14H2,1-3H3/t17-,19-/m1/s1. The Kier molecular flexibility index (Phi) is 7.99. The van der Waals surface area contributed by atoms with Crippen LogP contribution in [-0.4, -0.2) is 61.7 Å². The highest BCUT2D eigenvalue weighted by atomic mass is 16.5. The number of hydrogen-bond donors (Lipinski definition) is 1. The highest BCUT2D eigenvalue weighted by Crippen LogP contribution is 2.17. The largest absolute Gasteiger partial charge is 0.497 e. The Balaban J connectivity index is 1.92. The maximum Gasteiger partial charge on any atom is 0.118 e. The highest BCUT2D eigenvalue weighted by Gasteiger charge is 2.21. The zero-order valence-corrected chi connectivity index (χ0v) is 15.1. The summed E-state index contributed by atoms with van der Waals surface area (Å²) in [6, 6.07) is 8.08. The summed E-state index contributed by atoms with van der Waals surface area (Å²) < 4.78 is 16.5. The maximum absolute atomic E-state index is 10.3. The van der Waals surface area contributed by atoms with E-state index >= 15 is 0 Å². The van der Waals surface area contributed by atoms with Crippen LogP contribution < -0.4 is 4.74 Å². The Labute approximate surface area is 145 Å². The van der Waals surface area contributed by atoms with E-state index in [0.29, 0.717) is 13.2 Å². The molecule has 1 saturated heterocycles. The third kappa shape index (κ3) is 6.77. The van der Waals surface area contributed by atoms with Crippen molar-refractivity contribution in [2.75, 3.05) is 33.4 Å². The lowest BCUT2D eigenvalue weighted by Crippen LogP contribution is -2.39. The van der Waals surface area contributed by atoms with E-state index in [1.807, 2.05) is 26.0 Å². The predicted octanol–water partition coefficient (Wildman–Crippen LogP) is 2.46. The van der Waals surface area contributed by atoms with Crippen LogP contribution in [0.1, 0.15) is 32.3 Å². The van der Waals surface area contributed by atoms with Gasteiger partial charge in [-0.25, -0.2) is 0 Å². The molecular weight excluding hydrogens is 306 g/mol. The molecule has 5 nitrogen and oxygen atoms in total. The van der Waals surface area contributed by atoms with Crippen molar-refractivity contribution in [2.24, 2.45) is 0 Å². The zero-order valence-electron chi connectivity index (χ0n) is 15.1. The molecule has 1 heterocycles. The third-order valence-corrected chi connectivity index (χ3v) is 4.14. The van der Waals surface area contributed by atoms with Gasteiger partial charge in [0.05, 0.1) is 32.0 Å². The molecule has 0 aliphatic carbocycles. The van der Waals surface area contributed by atoms with Crippen molar-refractivity contribution >= 4 is 0 Å². The predicted molar refractivity (Wildman–Crippen MR) is 94.3 cm³/mol. The monoisotopic (exact) mass is 337 g/mol. The second-order valence-corrected chi connectivity index (χ2v) is 6.71. The van der Waals surface area contributed by atoms with E-state index in [4.69, 9.17) is 14.2 Å². The lowest BCUT2D eigenvalue weighted by atomic mass is 10.1. The Hall–Kier alpha value is -1.14. The fourth-order valence-electron chi connectivity index (χ4n) is 2.92. The molecule has 1 aromatic carbocycles. The fourth-order valence-corrected chi connectivity index (χ4v) is 2.92. The van der Waals surface area contributed by atoms with Crippen molar-refractivity contribution in [2.45, 2.75) is 51.5 Å². The highest BCUT2D eigenvalue weighted by molar-refractivity contribution is 5.27. The number of rotatable bonds is 10. The number of nitrogens with zero attached hydrogens (tertiary/aromatic N) is 1. The first-order valence-corrected chi connectivity index (χ1v) is 8.83. The van der Waals surface area contributed by atoms with Gasteiger partial charge in [-0.15, -0.1) is 0 Å². The number of benzene rings is 1. The Morgan fingerprint density at radius 3 is 2.62 bits per heavy atom. The summed E-state index contributed by atoms with van der Waals surface area (Å²) in [5, 5.41) is 10.3. The molecule has 1 aromatic rings. The van der Waals surface area contributed by atoms with Crippen molar-refractivity contribution in [1.82, 2.24) is 4.90 Å². The lowest BCUT2D eigenvalue weighted by molar-refractivity contribution is -0.0172. The smallest absolute Gasteiger partial charge is 0.118 e. The van der Waals surface area contributed by atoms with Crippen molar-refractivity contribution in [1.29, 1.82) is 0 Å². The van der Waals surface area contributed by atoms with Gasteiger partial charge in [-0.2, -0.15) is 0 Å². The topological polar surface area (TPSA) is 51.2 Å². The SMILES string of the molecule is COc1ccc(CN(C[C@@H](O)COC(C)C)C[C@H]2CCCO2)cc1. The Morgan fingerprint density at radius 2 is 2.04 bits per heavy atom. The molecule has 1 aliphatic heterocycles. The molecule has 5 heteroatoms. The van der Waals surface area contributed by atoms with Crippen molar-refractivity contribution in [3.8, 4) is 5.75 Å². The first-order valence-electron chi connectivity index (χ1n) is 8.83. The second kappa shape index (κ2) is 9.99. The van der Waals surface area contributed by atoms with Gasteiger partial charge in [0, 0.05) is 26.2 Å². The van der Waals surface area contributed by atoms with Gasteiger partial charge in [0.25, 0.3) is 0 Å². The molecule has 1 N–H and O–H groups in total. The minimum absolute atomic E-state index is 0.132. The minimum atomic E-state index is -0.493. The maximum atomic E-state index is 10.3. The van der Waals surface area contributed by atoms with Crippen LogP contribution in [-0.2, 0) is 16.0 Å². The number of aliphatic hydroxyl groups excluding tert-OH is 1. The molecule has 0 radical (unpaired) electrons. The molecule has 1 aliphatic rings. The summed E-state index contributed by atoms with van der Waals surface area (Å²) in [5.41, 5.74) is 1.20. The Morgan fingerprint density at radius 1 is 1.29 bits per heavy atom. The van der Waals surface area contributed by atoms with Crippen LogP contribution >= 0.6 is 0 Å². The Bertz CT molecular complexity index is 457. The summed E-state index contributed by atoms with van der Waals surface area (Å²) in [7, 11) is 1.67. The normalized spacial score (nSPS) is 19.2. The quantitative estimate of drug-likeness (QED) is 0.711. The average molecular weight is 337 g/mol. The number of ether oxygens (including phenoxy) is 3. The van der Waals surface area contributed by atoms with Crippen LogP contribution in [0.15, 0.2) is 24.3 Å². The van der Waals surface area contributed by atoms with E-state index in [0.717, 1.165) is 38.3 Å². The van der Waals surface area contributed by atoms with E-state index in [-0.39, 0.29) is 12.2 Å². The summed E-state index contributed by atoms with van der Waals surface area (Å²) in [4.78, 5) is 2.26. The van der Waals surface area contributed by atoms with Crippen molar-refractivity contribution < 1.29 is 19.3 Å². The van der Waals surface area contributed by atoms with Crippen LogP contribution in [0, 0.1) is 0 Å². The molecule has 0 bridgehead atoms. The van der Waals surface area contributed by atoms with Crippen molar-refractivity contribution in [3.63, 3.8) is 0 Å². The number of methoxy groups -OCH3 is 1. The summed E-state index contributed by atoms with van der Waals surface area (Å²) >= 11 is 0. The molecule has 2 rings (SSSR count). The van der Waals surface area contributed by atoms with Crippen LogP contribution in [0.5, 0.6) is 5.75 Å². The van der Waals surface area contributed by atoms with E-state index < -0.39 is 6.10 Å². The van der Waals surface area contributed by atoms with Gasteiger partial charge in [-0.05, 0) is 44.4 Å². The van der Waals surface area contributed by atoms with Crippen LogP contribution in [0.3, 0.4) is 0 Å². The zero-order chi connectivity index (χ0) is 17.4. The number of aliphatic hydroxyl groups is 1. The first-order chi connectivity index (χ1) is 11.6. The van der Waals surface area contributed by atoms with Gasteiger partial charge >= 0.3 is 0 Å². The molecule has 24 heavy (non-hydrogen) atoms. The molecule has 0 saturated carbocycles. The molecule has 0 spiro atoms. The molecular formula is C19H31NO4. The number of hydrogen-bond acceptors (Lipinski definition) is 5. The van der Waals surface area contributed by atoms with E-state index in [2.05, 4.69) is 17.0 Å². The van der Waals surface area contributed by atoms with E-state index in [9.17, 15) is 5.11 Å². The summed E-state index contributed by atoms with van der Waals surface area (Å²) in [5.74, 6) is 0.856. The van der Waals surface area contributed by atoms with E-state index in [1.165, 1.54) is 5.56 Å². The second-order valence-electron chi connectivity index (χ2n) is 6.71. The molecule has 0 amide bonds. The van der Waals surface area contributed by atoms with Crippen LogP contribution in [0.25, 0.3) is 0 Å². The van der Waals surface area contributed by atoms with Gasteiger partial charge in [0.2, 0.25) is 0 Å². The molecule has 0 aromatic heterocycles. The molecule has 2 atom stereocenters. The average Bonchev–Trinajstić information content (AvgIpc) is 3.06. The summed E-state index contributed by atoms with van der Waals surface area (Å²) in [6.45, 7) is 7.37. The minimum Gasteiger partial charge on any atom is -0.497 e. The fraction of sp³-hybridized carbons (Fsp3) is 0.684. The van der Waals surface area contributed by atoms with Gasteiger partial charge in [0.15, 0.2) is 0 Å². The van der Waals surface area contributed by atoms with Crippen LogP contribution in [0.2, 0.25) is 0 Å². The van der Waals surface area contributed by atoms with Gasteiger partial charge < -0.3 is 19.3 Å². The first kappa shape index (κ1) is 19.2. The lowest BCUT2D eigenvalue weighted by Gasteiger charge is -2.27. The van der Waals surface area contributed by atoms with E-state index in [1.54, 1.807) is 7.11 Å². The third-order valence-electron chi connectivity index (χ3n) is 4.14. The van der Waals surface area contributed by atoms with Gasteiger partial charge in [-0.3, -0.25) is 4.90 Å². The van der Waals surface area contributed by atoms with Gasteiger partial charge in [-0.1, -0.05) is 12.1 Å². The summed E-state index contributed by atoms with van der Waals surface area (Å²) in [6.07, 6.45) is 2.12. The molecule has 1 fully saturated rings. The molecule has 136 valence electrons. The molecule has 0 unspecified atom stereocenters. The van der Waals surface area contributed by atoms with Crippen molar-refractivity contribution in [3.05, 3.63) is 29.8 Å². The van der Waals surface area contributed by atoms with Gasteiger partial charge in [0.1, 0.15) is 5.75 Å². The van der Waals surface area contributed by atoms with Crippen LogP contribution in [0.4, 0.5) is 0 Å².